The molecule has 88 valence electrons. The summed E-state index contributed by atoms with van der Waals surface area (Å²) in [6, 6.07) is 2.86. The number of nitrogens with one attached hydrogen (secondary N) is 2. The maximum atomic E-state index is 12.8. The summed E-state index contributed by atoms with van der Waals surface area (Å²) in [5.41, 5.74) is 5.45. The first-order valence-electron chi connectivity index (χ1n) is 5.15. The molecular weight excluding hydrogens is 214 g/mol. The Bertz CT molecular complexity index is 362. The lowest BCUT2D eigenvalue weighted by Crippen LogP contribution is -2.27. The van der Waals surface area contributed by atoms with Crippen LogP contribution in [-0.2, 0) is 4.79 Å². The van der Waals surface area contributed by atoms with Crippen molar-refractivity contribution in [1.82, 2.24) is 10.9 Å². The van der Waals surface area contributed by atoms with Crippen molar-refractivity contribution < 1.29 is 13.6 Å². The molecule has 1 fully saturated rings. The lowest BCUT2D eigenvalue weighted by molar-refractivity contribution is -0.119. The van der Waals surface area contributed by atoms with E-state index in [1.165, 1.54) is 12.1 Å². The number of carbonyl (C=O) groups excluding carboxylic acids is 1. The van der Waals surface area contributed by atoms with Gasteiger partial charge in [-0.1, -0.05) is 13.8 Å². The molecule has 0 spiro atoms. The molecule has 2 rings (SSSR count). The molecular formula is C11H14F2N2O. The maximum Gasteiger partial charge on any atom is 0.236 e. The number of hydrogen-bond donors (Lipinski definition) is 2. The molecule has 1 unspecified atom stereocenters. The third-order valence-corrected chi connectivity index (χ3v) is 2.06. The maximum absolute atomic E-state index is 12.8. The Balaban J connectivity index is 0.000000606. The van der Waals surface area contributed by atoms with E-state index in [1.807, 2.05) is 13.8 Å². The van der Waals surface area contributed by atoms with Crippen molar-refractivity contribution in [3.05, 3.63) is 35.4 Å². The molecule has 1 aromatic carbocycles. The zero-order valence-corrected chi connectivity index (χ0v) is 9.18. The first-order chi connectivity index (χ1) is 7.65. The van der Waals surface area contributed by atoms with Crippen LogP contribution in [0.5, 0.6) is 0 Å². The fraction of sp³-hybridized carbons (Fsp3) is 0.364. The number of carbonyl (C=O) groups is 1. The van der Waals surface area contributed by atoms with Crippen LogP contribution < -0.4 is 10.9 Å². The van der Waals surface area contributed by atoms with Gasteiger partial charge in [0, 0.05) is 12.5 Å². The average Bonchev–Trinajstić information content (AvgIpc) is 2.66. The van der Waals surface area contributed by atoms with Gasteiger partial charge in [0.05, 0.1) is 6.04 Å². The highest BCUT2D eigenvalue weighted by molar-refractivity contribution is 5.78. The van der Waals surface area contributed by atoms with Gasteiger partial charge in [0.2, 0.25) is 5.91 Å². The second kappa shape index (κ2) is 5.55. The van der Waals surface area contributed by atoms with E-state index in [2.05, 4.69) is 10.9 Å². The Morgan fingerprint density at radius 3 is 2.19 bits per heavy atom. The van der Waals surface area contributed by atoms with Gasteiger partial charge in [0.1, 0.15) is 11.6 Å². The van der Waals surface area contributed by atoms with E-state index < -0.39 is 11.6 Å². The molecule has 1 saturated heterocycles. The number of amides is 1. The Kier molecular flexibility index (Phi) is 4.37. The fourth-order valence-electron chi connectivity index (χ4n) is 1.43. The molecule has 1 amide bonds. The summed E-state index contributed by atoms with van der Waals surface area (Å²) >= 11 is 0. The Morgan fingerprint density at radius 1 is 1.19 bits per heavy atom. The minimum atomic E-state index is -0.638. The molecule has 0 aliphatic carbocycles. The van der Waals surface area contributed by atoms with Crippen LogP contribution in [0.1, 0.15) is 31.9 Å². The first kappa shape index (κ1) is 12.6. The zero-order chi connectivity index (χ0) is 12.1. The lowest BCUT2D eigenvalue weighted by atomic mass is 10.1. The van der Waals surface area contributed by atoms with Crippen LogP contribution >= 0.6 is 0 Å². The van der Waals surface area contributed by atoms with Crippen molar-refractivity contribution in [3.8, 4) is 0 Å². The zero-order valence-electron chi connectivity index (χ0n) is 9.18. The molecule has 2 N–H and O–H groups in total. The van der Waals surface area contributed by atoms with Crippen molar-refractivity contribution in [2.24, 2.45) is 0 Å². The van der Waals surface area contributed by atoms with Crippen LogP contribution in [0.4, 0.5) is 8.78 Å². The van der Waals surface area contributed by atoms with Crippen molar-refractivity contribution in [3.63, 3.8) is 0 Å². The van der Waals surface area contributed by atoms with Crippen LogP contribution in [0, 0.1) is 11.6 Å². The highest BCUT2D eigenvalue weighted by Crippen LogP contribution is 2.21. The summed E-state index contributed by atoms with van der Waals surface area (Å²) in [5.74, 6) is -1.46. The molecule has 0 aromatic heterocycles. The summed E-state index contributed by atoms with van der Waals surface area (Å²) in [4.78, 5) is 10.8. The molecule has 3 nitrogen and oxygen atoms in total. The van der Waals surface area contributed by atoms with Gasteiger partial charge in [-0.25, -0.2) is 14.2 Å². The standard InChI is InChI=1S/C9H8F2N2O.C2H6/c10-6-1-5(2-7(11)3-6)8-4-9(14)13-12-8;1-2/h1-3,8,12H,4H2,(H,13,14);1-2H3. The minimum Gasteiger partial charge on any atom is -0.291 e. The van der Waals surface area contributed by atoms with E-state index in [0.29, 0.717) is 5.56 Å². The number of hydrogen-bond acceptors (Lipinski definition) is 2. The smallest absolute Gasteiger partial charge is 0.236 e. The lowest BCUT2D eigenvalue weighted by Gasteiger charge is -2.08. The number of rotatable bonds is 1. The van der Waals surface area contributed by atoms with Gasteiger partial charge in [-0.15, -0.1) is 0 Å². The highest BCUT2D eigenvalue weighted by Gasteiger charge is 2.23. The predicted octanol–water partition coefficient (Wildman–Crippen LogP) is 2.06. The molecule has 16 heavy (non-hydrogen) atoms. The molecule has 0 bridgehead atoms. The Morgan fingerprint density at radius 2 is 1.75 bits per heavy atom. The molecule has 1 aliphatic heterocycles. The third kappa shape index (κ3) is 3.00. The van der Waals surface area contributed by atoms with Crippen molar-refractivity contribution >= 4 is 5.91 Å². The Labute approximate surface area is 92.8 Å². The number of hydrazine groups is 1. The summed E-state index contributed by atoms with van der Waals surface area (Å²) in [7, 11) is 0. The molecule has 1 aromatic rings. The monoisotopic (exact) mass is 228 g/mol. The quantitative estimate of drug-likeness (QED) is 0.772. The predicted molar refractivity (Wildman–Crippen MR) is 56.3 cm³/mol. The molecule has 1 aliphatic rings. The summed E-state index contributed by atoms with van der Waals surface area (Å²) < 4.78 is 25.6. The number of benzene rings is 1. The van der Waals surface area contributed by atoms with E-state index in [9.17, 15) is 13.6 Å². The van der Waals surface area contributed by atoms with Crippen LogP contribution in [0.15, 0.2) is 18.2 Å². The third-order valence-electron chi connectivity index (χ3n) is 2.06. The minimum absolute atomic E-state index is 0.181. The normalized spacial score (nSPS) is 18.8. The SMILES string of the molecule is CC.O=C1CC(c2cc(F)cc(F)c2)NN1. The molecule has 5 heteroatoms. The van der Waals surface area contributed by atoms with Gasteiger partial charge in [0.25, 0.3) is 0 Å². The average molecular weight is 228 g/mol. The topological polar surface area (TPSA) is 41.1 Å². The van der Waals surface area contributed by atoms with Gasteiger partial charge in [0.15, 0.2) is 0 Å². The van der Waals surface area contributed by atoms with E-state index in [4.69, 9.17) is 0 Å². The van der Waals surface area contributed by atoms with Crippen molar-refractivity contribution in [2.75, 3.05) is 0 Å². The van der Waals surface area contributed by atoms with Gasteiger partial charge in [-0.3, -0.25) is 10.2 Å². The fourth-order valence-corrected chi connectivity index (χ4v) is 1.43. The summed E-state index contributed by atoms with van der Waals surface area (Å²) in [6.45, 7) is 4.00. The second-order valence-electron chi connectivity index (χ2n) is 3.15. The second-order valence-corrected chi connectivity index (χ2v) is 3.15. The van der Waals surface area contributed by atoms with Crippen molar-refractivity contribution in [1.29, 1.82) is 0 Å². The van der Waals surface area contributed by atoms with Crippen molar-refractivity contribution in [2.45, 2.75) is 26.3 Å². The highest BCUT2D eigenvalue weighted by atomic mass is 19.1. The summed E-state index contributed by atoms with van der Waals surface area (Å²) in [5, 5.41) is 0. The number of halogens is 2. The van der Waals surface area contributed by atoms with Gasteiger partial charge in [-0.2, -0.15) is 0 Å². The van der Waals surface area contributed by atoms with E-state index >= 15 is 0 Å². The van der Waals surface area contributed by atoms with E-state index in [-0.39, 0.29) is 18.4 Å². The van der Waals surface area contributed by atoms with Crippen LogP contribution in [0.2, 0.25) is 0 Å². The van der Waals surface area contributed by atoms with Gasteiger partial charge in [-0.05, 0) is 17.7 Å². The largest absolute Gasteiger partial charge is 0.291 e. The van der Waals surface area contributed by atoms with E-state index in [1.54, 1.807) is 0 Å². The van der Waals surface area contributed by atoms with Gasteiger partial charge >= 0.3 is 0 Å². The molecule has 1 heterocycles. The molecule has 0 radical (unpaired) electrons. The first-order valence-corrected chi connectivity index (χ1v) is 5.15. The van der Waals surface area contributed by atoms with E-state index in [0.717, 1.165) is 6.07 Å². The van der Waals surface area contributed by atoms with Crippen LogP contribution in [0.3, 0.4) is 0 Å². The molecule has 1 atom stereocenters. The summed E-state index contributed by atoms with van der Waals surface area (Å²) in [6.07, 6.45) is 0.197. The van der Waals surface area contributed by atoms with Crippen LogP contribution in [0.25, 0.3) is 0 Å². The molecule has 0 saturated carbocycles. The van der Waals surface area contributed by atoms with Gasteiger partial charge < -0.3 is 0 Å². The van der Waals surface area contributed by atoms with Crippen LogP contribution in [-0.4, -0.2) is 5.91 Å². The Hall–Kier alpha value is -1.49.